The van der Waals surface area contributed by atoms with E-state index in [9.17, 15) is 9.46 Å². The van der Waals surface area contributed by atoms with Crippen molar-refractivity contribution < 1.29 is 54.9 Å². The number of benzene rings is 1. The van der Waals surface area contributed by atoms with Crippen molar-refractivity contribution in [1.82, 2.24) is 0 Å². The molecule has 0 amide bonds. The van der Waals surface area contributed by atoms with Gasteiger partial charge in [0.2, 0.25) is 0 Å². The zero-order valence-corrected chi connectivity index (χ0v) is 11.6. The summed E-state index contributed by atoms with van der Waals surface area (Å²) in [6.07, 6.45) is 0. The van der Waals surface area contributed by atoms with Crippen molar-refractivity contribution in [3.05, 3.63) is 30.3 Å². The van der Waals surface area contributed by atoms with Gasteiger partial charge in [-0.05, 0) is 16.7 Å². The third-order valence-corrected chi connectivity index (χ3v) is 1.28. The van der Waals surface area contributed by atoms with Crippen LogP contribution in [0.5, 0.6) is 5.75 Å². The van der Waals surface area contributed by atoms with Crippen molar-refractivity contribution in [2.45, 2.75) is 0 Å². The third kappa shape index (κ3) is 14.3. The fraction of sp³-hybridized carbons (Fsp3) is 0. The summed E-state index contributed by atoms with van der Waals surface area (Å²) in [6, 6.07) is 8.34. The first kappa shape index (κ1) is 17.7. The van der Waals surface area contributed by atoms with Crippen LogP contribution in [0.15, 0.2) is 30.3 Å². The van der Waals surface area contributed by atoms with Crippen molar-refractivity contribution >= 4 is 16.9 Å². The second-order valence-corrected chi connectivity index (χ2v) is 3.06. The summed E-state index contributed by atoms with van der Waals surface area (Å²) >= 11 is 0. The molecule has 1 atom stereocenters. The molecule has 0 bridgehead atoms. The first-order valence-electron chi connectivity index (χ1n) is 3.26. The number of hydrogen-bond acceptors (Lipinski definition) is 6. The van der Waals surface area contributed by atoms with Gasteiger partial charge < -0.3 is 19.6 Å². The molecule has 1 rings (SSSR count). The van der Waals surface area contributed by atoms with Crippen LogP contribution in [-0.2, 0) is 30.8 Å². The SMILES string of the molecule is O=[P+]([O-])Oc1ccccc1.OP(O)O.[Zr]. The molecule has 0 saturated carbocycles. The molecule has 3 N–H and O–H groups in total. The van der Waals surface area contributed by atoms with Crippen LogP contribution in [0.25, 0.3) is 0 Å². The average molecular weight is 329 g/mol. The normalized spacial score (nSPS) is 9.53. The zero-order valence-electron chi connectivity index (χ0n) is 7.35. The molecule has 9 heteroatoms. The van der Waals surface area contributed by atoms with Gasteiger partial charge in [-0.15, -0.1) is 0 Å². The molecule has 1 unspecified atom stereocenters. The van der Waals surface area contributed by atoms with Gasteiger partial charge in [-0.3, -0.25) is 4.52 Å². The smallest absolute Gasteiger partial charge is 0.539 e. The summed E-state index contributed by atoms with van der Waals surface area (Å²) in [6.45, 7) is 0. The van der Waals surface area contributed by atoms with Crippen LogP contribution in [0.2, 0.25) is 0 Å². The summed E-state index contributed by atoms with van der Waals surface area (Å²) in [5.41, 5.74) is 0. The van der Waals surface area contributed by atoms with E-state index in [0.29, 0.717) is 5.75 Å². The molecule has 0 saturated heterocycles. The quantitative estimate of drug-likeness (QED) is 0.672. The molecule has 0 aliphatic heterocycles. The maximum atomic E-state index is 9.98. The number of rotatable bonds is 2. The standard InChI is InChI=1S/C6H5O3P.H3O3P.Zr/c7-10(8)9-6-4-2-1-3-5-6;1-4(2)3;/h1-5H;1-3H;. The third-order valence-electron chi connectivity index (χ3n) is 0.923. The van der Waals surface area contributed by atoms with E-state index in [-0.39, 0.29) is 26.2 Å². The molecule has 82 valence electrons. The first-order chi connectivity index (χ1) is 6.52. The average Bonchev–Trinajstić information content (AvgIpc) is 2.03. The van der Waals surface area contributed by atoms with Crippen LogP contribution in [0.3, 0.4) is 0 Å². The van der Waals surface area contributed by atoms with Crippen LogP contribution in [0.4, 0.5) is 0 Å². The van der Waals surface area contributed by atoms with Crippen LogP contribution >= 0.6 is 16.9 Å². The molecule has 0 radical (unpaired) electrons. The predicted octanol–water partition coefficient (Wildman–Crippen LogP) is 0.271. The predicted molar refractivity (Wildman–Crippen MR) is 48.3 cm³/mol. The van der Waals surface area contributed by atoms with Gasteiger partial charge >= 0.3 is 16.9 Å². The topological polar surface area (TPSA) is 110 Å². The van der Waals surface area contributed by atoms with Gasteiger partial charge in [-0.1, -0.05) is 18.2 Å². The second kappa shape index (κ2) is 10.8. The molecule has 0 spiro atoms. The van der Waals surface area contributed by atoms with E-state index in [2.05, 4.69) is 4.52 Å². The van der Waals surface area contributed by atoms with Gasteiger partial charge in [-0.2, -0.15) is 0 Å². The summed E-state index contributed by atoms with van der Waals surface area (Å²) in [5, 5.41) is 0. The largest absolute Gasteiger partial charge is 0.558 e. The number of hydrogen-bond donors (Lipinski definition) is 3. The van der Waals surface area contributed by atoms with E-state index in [0.717, 1.165) is 0 Å². The summed E-state index contributed by atoms with van der Waals surface area (Å²) < 4.78 is 14.4. The van der Waals surface area contributed by atoms with Gasteiger partial charge in [0.05, 0.1) is 0 Å². The fourth-order valence-corrected chi connectivity index (χ4v) is 0.861. The van der Waals surface area contributed by atoms with E-state index >= 15 is 0 Å². The Hall–Kier alpha value is 0.273. The van der Waals surface area contributed by atoms with Crippen molar-refractivity contribution in [3.63, 3.8) is 0 Å². The Labute approximate surface area is 108 Å². The van der Waals surface area contributed by atoms with E-state index < -0.39 is 16.9 Å². The maximum Gasteiger partial charge on any atom is 0.539 e. The Kier molecular flexibility index (Phi) is 12.7. The zero-order chi connectivity index (χ0) is 11.0. The minimum Gasteiger partial charge on any atom is -0.558 e. The Morgan fingerprint density at radius 2 is 1.60 bits per heavy atom. The van der Waals surface area contributed by atoms with Crippen molar-refractivity contribution in [1.29, 1.82) is 0 Å². The van der Waals surface area contributed by atoms with Gasteiger partial charge in [0.1, 0.15) is 0 Å². The molecular weight excluding hydrogens is 321 g/mol. The van der Waals surface area contributed by atoms with Crippen molar-refractivity contribution in [2.75, 3.05) is 0 Å². The van der Waals surface area contributed by atoms with E-state index in [1.165, 1.54) is 0 Å². The molecular formula is C6H8O6P2Zr. The van der Waals surface area contributed by atoms with Gasteiger partial charge in [-0.25, -0.2) is 0 Å². The first-order valence-corrected chi connectivity index (χ1v) is 5.56. The molecule has 0 aromatic heterocycles. The Bertz CT molecular complexity index is 267. The van der Waals surface area contributed by atoms with Crippen molar-refractivity contribution in [2.24, 2.45) is 0 Å². The Balaban J connectivity index is 0. The number of para-hydroxylation sites is 1. The molecule has 1 aromatic rings. The molecule has 0 aliphatic rings. The maximum absolute atomic E-state index is 9.98. The van der Waals surface area contributed by atoms with E-state index in [4.69, 9.17) is 14.7 Å². The Morgan fingerprint density at radius 1 is 1.20 bits per heavy atom. The van der Waals surface area contributed by atoms with Crippen molar-refractivity contribution in [3.8, 4) is 5.75 Å². The second-order valence-electron chi connectivity index (χ2n) is 1.90. The van der Waals surface area contributed by atoms with Gasteiger partial charge in [0.15, 0.2) is 5.75 Å². The minimum absolute atomic E-state index is 0. The van der Waals surface area contributed by atoms with Crippen LogP contribution < -0.4 is 9.42 Å². The molecule has 0 fully saturated rings. The van der Waals surface area contributed by atoms with E-state index in [1.54, 1.807) is 30.3 Å². The monoisotopic (exact) mass is 328 g/mol. The molecule has 1 aromatic carbocycles. The Morgan fingerprint density at radius 3 is 1.93 bits per heavy atom. The molecule has 6 nitrogen and oxygen atoms in total. The summed E-state index contributed by atoms with van der Waals surface area (Å²) in [7, 11) is -5.40. The fourth-order valence-electron chi connectivity index (χ4n) is 0.567. The van der Waals surface area contributed by atoms with Gasteiger partial charge in [0.25, 0.3) is 0 Å². The summed E-state index contributed by atoms with van der Waals surface area (Å²) in [5.74, 6) is 0.346. The minimum atomic E-state index is -2.78. The molecule has 0 aliphatic carbocycles. The summed E-state index contributed by atoms with van der Waals surface area (Å²) in [4.78, 5) is 31.7. The van der Waals surface area contributed by atoms with E-state index in [1.807, 2.05) is 0 Å². The molecule has 15 heavy (non-hydrogen) atoms. The molecule has 0 heterocycles. The van der Waals surface area contributed by atoms with Gasteiger partial charge in [0, 0.05) is 26.2 Å². The van der Waals surface area contributed by atoms with Crippen LogP contribution in [0, 0.1) is 0 Å². The van der Waals surface area contributed by atoms with Crippen LogP contribution in [-0.4, -0.2) is 14.7 Å². The van der Waals surface area contributed by atoms with Crippen LogP contribution in [0.1, 0.15) is 0 Å².